The molecule has 0 aliphatic heterocycles. The lowest BCUT2D eigenvalue weighted by atomic mass is 10.4. The van der Waals surface area contributed by atoms with Crippen molar-refractivity contribution < 1.29 is 0 Å². The van der Waals surface area contributed by atoms with Gasteiger partial charge < -0.3 is 14.8 Å². The van der Waals surface area contributed by atoms with Gasteiger partial charge >= 0.3 is 0 Å². The number of rotatable bonds is 7. The zero-order valence-corrected chi connectivity index (χ0v) is 13.2. The lowest BCUT2D eigenvalue weighted by molar-refractivity contribution is 0.781. The van der Waals surface area contributed by atoms with Gasteiger partial charge in [0.15, 0.2) is 0 Å². The van der Waals surface area contributed by atoms with Crippen LogP contribution in [0.3, 0.4) is 0 Å². The summed E-state index contributed by atoms with van der Waals surface area (Å²) < 4.78 is 1.88. The topological polar surface area (TPSA) is 84.7 Å². The van der Waals surface area contributed by atoms with E-state index in [9.17, 15) is 0 Å². The van der Waals surface area contributed by atoms with Gasteiger partial charge in [-0.15, -0.1) is 10.2 Å². The lowest BCUT2D eigenvalue weighted by Crippen LogP contribution is -2.25. The van der Waals surface area contributed by atoms with Crippen LogP contribution in [0.15, 0.2) is 6.33 Å². The van der Waals surface area contributed by atoms with Crippen molar-refractivity contribution in [1.29, 1.82) is 0 Å². The van der Waals surface area contributed by atoms with Crippen LogP contribution < -0.4 is 10.2 Å². The van der Waals surface area contributed by atoms with Crippen molar-refractivity contribution in [3.63, 3.8) is 0 Å². The fourth-order valence-corrected chi connectivity index (χ4v) is 2.04. The zero-order chi connectivity index (χ0) is 15.2. The Balaban J connectivity index is 2.01. The molecule has 0 saturated heterocycles. The maximum absolute atomic E-state index is 5.96. The largest absolute Gasteiger partial charge is 0.354 e. The molecule has 0 aromatic carbocycles. The van der Waals surface area contributed by atoms with Gasteiger partial charge in [-0.25, -0.2) is 0 Å². The smallest absolute Gasteiger partial charge is 0.231 e. The van der Waals surface area contributed by atoms with E-state index >= 15 is 0 Å². The van der Waals surface area contributed by atoms with E-state index in [2.05, 4.69) is 30.5 Å². The molecule has 2 aromatic rings. The van der Waals surface area contributed by atoms with Gasteiger partial charge in [-0.3, -0.25) is 0 Å². The van der Waals surface area contributed by atoms with Gasteiger partial charge in [0.05, 0.1) is 0 Å². The average Bonchev–Trinajstić information content (AvgIpc) is 2.85. The molecule has 0 aliphatic rings. The molecule has 0 bridgehead atoms. The Morgan fingerprint density at radius 1 is 1.24 bits per heavy atom. The van der Waals surface area contributed by atoms with Crippen molar-refractivity contribution in [2.45, 2.75) is 20.3 Å². The Morgan fingerprint density at radius 2 is 2.00 bits per heavy atom. The Bertz CT molecular complexity index is 580. The van der Waals surface area contributed by atoms with E-state index in [-0.39, 0.29) is 5.28 Å². The van der Waals surface area contributed by atoms with Crippen LogP contribution in [0.25, 0.3) is 0 Å². The Morgan fingerprint density at radius 3 is 2.62 bits per heavy atom. The number of hydrogen-bond donors (Lipinski definition) is 1. The standard InChI is InChI=1S/C12H19ClN8/c1-4-21(5-2)12-17-10(13)16-11(18-12)14-7-6-9-19-15-8-20(9)3/h8H,4-7H2,1-3H3,(H,14,16,17,18). The van der Waals surface area contributed by atoms with Crippen LogP contribution in [0.2, 0.25) is 5.28 Å². The van der Waals surface area contributed by atoms with Crippen molar-refractivity contribution in [2.24, 2.45) is 7.05 Å². The summed E-state index contributed by atoms with van der Waals surface area (Å²) in [5.74, 6) is 1.95. The highest BCUT2D eigenvalue weighted by molar-refractivity contribution is 6.28. The number of aryl methyl sites for hydroxylation is 1. The molecule has 0 atom stereocenters. The van der Waals surface area contributed by atoms with E-state index in [1.807, 2.05) is 30.4 Å². The normalized spacial score (nSPS) is 10.7. The Hall–Kier alpha value is -1.96. The molecule has 0 fully saturated rings. The minimum atomic E-state index is 0.188. The third-order valence-corrected chi connectivity index (χ3v) is 3.25. The zero-order valence-electron chi connectivity index (χ0n) is 12.4. The summed E-state index contributed by atoms with van der Waals surface area (Å²) in [6.07, 6.45) is 2.40. The first kappa shape index (κ1) is 15.4. The van der Waals surface area contributed by atoms with Crippen molar-refractivity contribution in [1.82, 2.24) is 29.7 Å². The third-order valence-electron chi connectivity index (χ3n) is 3.08. The summed E-state index contributed by atoms with van der Waals surface area (Å²) in [6, 6.07) is 0. The molecule has 2 aromatic heterocycles. The van der Waals surface area contributed by atoms with E-state index in [4.69, 9.17) is 11.6 Å². The molecule has 2 rings (SSSR count). The number of halogens is 1. The van der Waals surface area contributed by atoms with Crippen LogP contribution in [-0.4, -0.2) is 49.4 Å². The molecular formula is C12H19ClN8. The van der Waals surface area contributed by atoms with Crippen LogP contribution in [0.4, 0.5) is 11.9 Å². The molecule has 9 heteroatoms. The lowest BCUT2D eigenvalue weighted by Gasteiger charge is -2.18. The fourth-order valence-electron chi connectivity index (χ4n) is 1.89. The molecule has 0 aliphatic carbocycles. The number of aromatic nitrogens is 6. The first-order valence-electron chi connectivity index (χ1n) is 6.87. The summed E-state index contributed by atoms with van der Waals surface area (Å²) >= 11 is 5.96. The fraction of sp³-hybridized carbons (Fsp3) is 0.583. The van der Waals surface area contributed by atoms with Crippen LogP contribution >= 0.6 is 11.6 Å². The second-order valence-corrected chi connectivity index (χ2v) is 4.77. The van der Waals surface area contributed by atoms with E-state index in [0.29, 0.717) is 18.4 Å². The van der Waals surface area contributed by atoms with Gasteiger partial charge in [0.25, 0.3) is 0 Å². The minimum absolute atomic E-state index is 0.188. The average molecular weight is 311 g/mol. The molecule has 0 spiro atoms. The SMILES string of the molecule is CCN(CC)c1nc(Cl)nc(NCCc2nncn2C)n1. The van der Waals surface area contributed by atoms with Crippen LogP contribution in [0, 0.1) is 0 Å². The number of nitrogens with zero attached hydrogens (tertiary/aromatic N) is 7. The van der Waals surface area contributed by atoms with Gasteiger partial charge in [0.2, 0.25) is 17.2 Å². The van der Waals surface area contributed by atoms with Gasteiger partial charge in [-0.1, -0.05) is 0 Å². The van der Waals surface area contributed by atoms with E-state index in [1.54, 1.807) is 6.33 Å². The van der Waals surface area contributed by atoms with Gasteiger partial charge in [0.1, 0.15) is 12.2 Å². The van der Waals surface area contributed by atoms with Gasteiger partial charge in [-0.2, -0.15) is 15.0 Å². The predicted molar refractivity (Wildman–Crippen MR) is 81.6 cm³/mol. The van der Waals surface area contributed by atoms with E-state index in [1.165, 1.54) is 0 Å². The molecule has 0 unspecified atom stereocenters. The molecule has 0 radical (unpaired) electrons. The van der Waals surface area contributed by atoms with Crippen molar-refractivity contribution >= 4 is 23.5 Å². The third kappa shape index (κ3) is 4.01. The van der Waals surface area contributed by atoms with Gasteiger partial charge in [-0.05, 0) is 25.4 Å². The second-order valence-electron chi connectivity index (χ2n) is 4.44. The summed E-state index contributed by atoms with van der Waals surface area (Å²) in [7, 11) is 1.91. The Labute approximate surface area is 128 Å². The second kappa shape index (κ2) is 7.16. The van der Waals surface area contributed by atoms with Gasteiger partial charge in [0, 0.05) is 33.1 Å². The molecule has 0 saturated carbocycles. The number of nitrogens with one attached hydrogen (secondary N) is 1. The Kier molecular flexibility index (Phi) is 5.26. The summed E-state index contributed by atoms with van der Waals surface area (Å²) in [5.41, 5.74) is 0. The molecular weight excluding hydrogens is 292 g/mol. The van der Waals surface area contributed by atoms with Crippen molar-refractivity contribution in [3.05, 3.63) is 17.4 Å². The first-order valence-corrected chi connectivity index (χ1v) is 7.25. The molecule has 0 amide bonds. The van der Waals surface area contributed by atoms with E-state index < -0.39 is 0 Å². The number of hydrogen-bond acceptors (Lipinski definition) is 7. The first-order chi connectivity index (χ1) is 10.1. The molecule has 1 N–H and O–H groups in total. The molecule has 21 heavy (non-hydrogen) atoms. The molecule has 114 valence electrons. The molecule has 2 heterocycles. The highest BCUT2D eigenvalue weighted by atomic mass is 35.5. The molecule has 8 nitrogen and oxygen atoms in total. The summed E-state index contributed by atoms with van der Waals surface area (Å²) in [4.78, 5) is 14.6. The maximum Gasteiger partial charge on any atom is 0.231 e. The summed E-state index contributed by atoms with van der Waals surface area (Å²) in [6.45, 7) is 6.36. The predicted octanol–water partition coefficient (Wildman–Crippen LogP) is 1.15. The monoisotopic (exact) mass is 310 g/mol. The quantitative estimate of drug-likeness (QED) is 0.821. The highest BCUT2D eigenvalue weighted by Crippen LogP contribution is 2.13. The van der Waals surface area contributed by atoms with Crippen LogP contribution in [-0.2, 0) is 13.5 Å². The van der Waals surface area contributed by atoms with Crippen molar-refractivity contribution in [2.75, 3.05) is 29.9 Å². The van der Waals surface area contributed by atoms with Crippen LogP contribution in [0.1, 0.15) is 19.7 Å². The summed E-state index contributed by atoms with van der Waals surface area (Å²) in [5, 5.41) is 11.2. The minimum Gasteiger partial charge on any atom is -0.354 e. The van der Waals surface area contributed by atoms with E-state index in [0.717, 1.165) is 25.3 Å². The van der Waals surface area contributed by atoms with Crippen molar-refractivity contribution in [3.8, 4) is 0 Å². The van der Waals surface area contributed by atoms with Crippen LogP contribution in [0.5, 0.6) is 0 Å². The highest BCUT2D eigenvalue weighted by Gasteiger charge is 2.10. The maximum atomic E-state index is 5.96. The number of anilines is 2.